The number of rotatable bonds is 4. The second-order valence-corrected chi connectivity index (χ2v) is 7.49. The van der Waals surface area contributed by atoms with Crippen LogP contribution in [0.25, 0.3) is 22.7 Å². The van der Waals surface area contributed by atoms with Gasteiger partial charge in [0.1, 0.15) is 0 Å². The highest BCUT2D eigenvalue weighted by Crippen LogP contribution is 2.33. The fraction of sp³-hybridized carbons (Fsp3) is 0.273. The van der Waals surface area contributed by atoms with Crippen LogP contribution in [0.15, 0.2) is 54.2 Å². The van der Waals surface area contributed by atoms with E-state index in [2.05, 4.69) is 21.1 Å². The van der Waals surface area contributed by atoms with E-state index >= 15 is 0 Å². The maximum absolute atomic E-state index is 11.6. The van der Waals surface area contributed by atoms with Crippen molar-refractivity contribution in [1.29, 1.82) is 0 Å². The summed E-state index contributed by atoms with van der Waals surface area (Å²) in [6, 6.07) is 7.77. The number of primary amides is 1. The molecule has 2 aliphatic heterocycles. The molecule has 9 nitrogen and oxygen atoms in total. The molecule has 3 aromatic rings. The van der Waals surface area contributed by atoms with Crippen LogP contribution in [0.5, 0.6) is 0 Å². The second kappa shape index (κ2) is 7.51. The lowest BCUT2D eigenvalue weighted by Gasteiger charge is -2.23. The Hall–Kier alpha value is -3.72. The van der Waals surface area contributed by atoms with Crippen molar-refractivity contribution in [2.24, 2.45) is 5.73 Å². The first kappa shape index (κ1) is 19.3. The van der Waals surface area contributed by atoms with Crippen molar-refractivity contribution in [3.05, 3.63) is 59.8 Å². The van der Waals surface area contributed by atoms with Gasteiger partial charge >= 0.3 is 0 Å². The third-order valence-corrected chi connectivity index (χ3v) is 5.48. The Bertz CT molecular complexity index is 1250. The lowest BCUT2D eigenvalue weighted by molar-refractivity contribution is -0.118. The average molecular weight is 418 g/mol. The smallest absolute Gasteiger partial charge is 0.285 e. The average Bonchev–Trinajstić information content (AvgIpc) is 3.34. The molecule has 1 aromatic carbocycles. The Balaban J connectivity index is 1.50. The maximum Gasteiger partial charge on any atom is 0.285 e. The van der Waals surface area contributed by atoms with Crippen LogP contribution >= 0.6 is 0 Å². The Labute approximate surface area is 178 Å². The van der Waals surface area contributed by atoms with Gasteiger partial charge in [0.2, 0.25) is 5.76 Å². The van der Waals surface area contributed by atoms with E-state index in [9.17, 15) is 4.79 Å². The number of nitrogens with two attached hydrogens (primary N) is 1. The van der Waals surface area contributed by atoms with Crippen LogP contribution in [0.4, 0.5) is 5.69 Å². The second-order valence-electron chi connectivity index (χ2n) is 7.49. The van der Waals surface area contributed by atoms with Crippen LogP contribution in [0.1, 0.15) is 25.8 Å². The summed E-state index contributed by atoms with van der Waals surface area (Å²) in [5, 5.41) is 4.64. The van der Waals surface area contributed by atoms with Gasteiger partial charge in [0.05, 0.1) is 18.9 Å². The highest BCUT2D eigenvalue weighted by atomic mass is 16.5. The van der Waals surface area contributed by atoms with E-state index in [1.165, 1.54) is 5.57 Å². The third-order valence-electron chi connectivity index (χ3n) is 5.48. The molecule has 0 spiro atoms. The Morgan fingerprint density at radius 3 is 2.90 bits per heavy atom. The molecular weight excluding hydrogens is 396 g/mol. The van der Waals surface area contributed by atoms with E-state index in [-0.39, 0.29) is 12.0 Å². The molecule has 1 unspecified atom stereocenters. The molecule has 31 heavy (non-hydrogen) atoms. The molecule has 1 amide bonds. The van der Waals surface area contributed by atoms with Crippen molar-refractivity contribution in [3.8, 4) is 11.4 Å². The van der Waals surface area contributed by atoms with Gasteiger partial charge < -0.3 is 20.1 Å². The Kier molecular flexibility index (Phi) is 4.67. The lowest BCUT2D eigenvalue weighted by atomic mass is 10.1. The molecule has 1 atom stereocenters. The number of carbonyl (C=O) groups excluding carboxylic acids is 1. The molecule has 5 rings (SSSR count). The lowest BCUT2D eigenvalue weighted by Crippen LogP contribution is -2.27. The van der Waals surface area contributed by atoms with Gasteiger partial charge in [-0.05, 0) is 38.0 Å². The fourth-order valence-electron chi connectivity index (χ4n) is 3.98. The summed E-state index contributed by atoms with van der Waals surface area (Å²) >= 11 is 0. The van der Waals surface area contributed by atoms with Crippen LogP contribution < -0.4 is 10.6 Å². The van der Waals surface area contributed by atoms with Gasteiger partial charge in [0.25, 0.3) is 11.7 Å². The van der Waals surface area contributed by atoms with Crippen LogP contribution in [-0.4, -0.2) is 44.9 Å². The highest BCUT2D eigenvalue weighted by molar-refractivity contribution is 5.92. The molecule has 2 N–H and O–H groups in total. The summed E-state index contributed by atoms with van der Waals surface area (Å²) < 4.78 is 12.7. The van der Waals surface area contributed by atoms with Gasteiger partial charge in [-0.2, -0.15) is 4.98 Å². The van der Waals surface area contributed by atoms with E-state index in [1.807, 2.05) is 55.4 Å². The number of allylic oxidation sites excluding steroid dienone is 1. The summed E-state index contributed by atoms with van der Waals surface area (Å²) in [4.78, 5) is 22.6. The highest BCUT2D eigenvalue weighted by Gasteiger charge is 2.31. The van der Waals surface area contributed by atoms with E-state index < -0.39 is 5.91 Å². The summed E-state index contributed by atoms with van der Waals surface area (Å²) in [6.07, 6.45) is 6.35. The standard InChI is InChI=1S/C22H22N6O3/c1-13-19(20(23)29)31-14(2)28(13)18-5-3-4-16(10-18)21-25-22-24-11-17(12-27(22)26-21)15-6-8-30-9-7-15/h3-6,10-12,14H,7-9H2,1-2H3,(H2,23,29). The largest absolute Gasteiger partial charge is 0.463 e. The zero-order chi connectivity index (χ0) is 21.5. The van der Waals surface area contributed by atoms with Crippen molar-refractivity contribution in [2.75, 3.05) is 18.1 Å². The van der Waals surface area contributed by atoms with E-state index in [0.29, 0.717) is 30.5 Å². The predicted molar refractivity (Wildman–Crippen MR) is 115 cm³/mol. The van der Waals surface area contributed by atoms with Crippen molar-refractivity contribution in [1.82, 2.24) is 19.6 Å². The molecule has 9 heteroatoms. The number of hydrogen-bond donors (Lipinski definition) is 1. The van der Waals surface area contributed by atoms with Crippen LogP contribution in [-0.2, 0) is 14.3 Å². The molecule has 4 heterocycles. The number of carbonyl (C=O) groups is 1. The number of fused-ring (bicyclic) bond motifs is 1. The van der Waals surface area contributed by atoms with Crippen molar-refractivity contribution < 1.29 is 14.3 Å². The molecule has 0 saturated carbocycles. The fourth-order valence-corrected chi connectivity index (χ4v) is 3.98. The van der Waals surface area contributed by atoms with Gasteiger partial charge in [-0.25, -0.2) is 9.50 Å². The number of nitrogens with zero attached hydrogens (tertiary/aromatic N) is 5. The minimum Gasteiger partial charge on any atom is -0.463 e. The SMILES string of the molecule is CC1=C(C(N)=O)OC(C)N1c1cccc(-c2nc3ncc(C4=CCOCC4)cn3n2)c1. The molecule has 158 valence electrons. The Morgan fingerprint density at radius 2 is 2.16 bits per heavy atom. The van der Waals surface area contributed by atoms with E-state index in [4.69, 9.17) is 15.2 Å². The summed E-state index contributed by atoms with van der Waals surface area (Å²) in [7, 11) is 0. The number of amides is 1. The summed E-state index contributed by atoms with van der Waals surface area (Å²) in [5.41, 5.74) is 10.0. The summed E-state index contributed by atoms with van der Waals surface area (Å²) in [6.45, 7) is 5.01. The molecule has 2 aliphatic rings. The zero-order valence-electron chi connectivity index (χ0n) is 17.3. The molecule has 0 saturated heterocycles. The van der Waals surface area contributed by atoms with Crippen LogP contribution in [0.3, 0.4) is 0 Å². The molecule has 0 aliphatic carbocycles. The monoisotopic (exact) mass is 418 g/mol. The predicted octanol–water partition coefficient (Wildman–Crippen LogP) is 2.49. The molecule has 0 radical (unpaired) electrons. The number of anilines is 1. The number of hydrogen-bond acceptors (Lipinski definition) is 7. The van der Waals surface area contributed by atoms with Crippen LogP contribution in [0.2, 0.25) is 0 Å². The first-order valence-corrected chi connectivity index (χ1v) is 10.1. The topological polar surface area (TPSA) is 108 Å². The molecule has 0 bridgehead atoms. The Morgan fingerprint density at radius 1 is 1.29 bits per heavy atom. The summed E-state index contributed by atoms with van der Waals surface area (Å²) in [5.74, 6) is 0.702. The van der Waals surface area contributed by atoms with Crippen LogP contribution in [0, 0.1) is 0 Å². The van der Waals surface area contributed by atoms with Gasteiger partial charge in [-0.1, -0.05) is 18.2 Å². The quantitative estimate of drug-likeness (QED) is 0.693. The number of ether oxygens (including phenoxy) is 2. The van der Waals surface area contributed by atoms with Gasteiger partial charge in [-0.15, -0.1) is 5.10 Å². The normalized spacial score (nSPS) is 19.0. The maximum atomic E-state index is 11.6. The zero-order valence-corrected chi connectivity index (χ0v) is 17.3. The van der Waals surface area contributed by atoms with E-state index in [0.717, 1.165) is 23.2 Å². The first-order valence-electron chi connectivity index (χ1n) is 10.1. The van der Waals surface area contributed by atoms with Gasteiger partial charge in [0.15, 0.2) is 12.1 Å². The van der Waals surface area contributed by atoms with Gasteiger partial charge in [0, 0.05) is 29.2 Å². The minimum atomic E-state index is -0.577. The molecule has 0 fully saturated rings. The first-order chi connectivity index (χ1) is 15.0. The van der Waals surface area contributed by atoms with Crippen molar-refractivity contribution >= 4 is 22.9 Å². The molecule has 2 aromatic heterocycles. The number of aromatic nitrogens is 4. The van der Waals surface area contributed by atoms with Gasteiger partial charge in [-0.3, -0.25) is 4.79 Å². The van der Waals surface area contributed by atoms with Crippen molar-refractivity contribution in [2.45, 2.75) is 26.5 Å². The third kappa shape index (κ3) is 3.42. The van der Waals surface area contributed by atoms with E-state index in [1.54, 1.807) is 4.52 Å². The van der Waals surface area contributed by atoms with Crippen molar-refractivity contribution in [3.63, 3.8) is 0 Å². The molecular formula is C22H22N6O3. The minimum absolute atomic E-state index is 0.183. The number of benzene rings is 1.